The fourth-order valence-corrected chi connectivity index (χ4v) is 0.853. The molecule has 5 nitrogen and oxygen atoms in total. The molecule has 0 aliphatic carbocycles. The van der Waals surface area contributed by atoms with Gasteiger partial charge in [0.2, 0.25) is 0 Å². The Morgan fingerprint density at radius 3 is 2.27 bits per heavy atom. The Bertz CT molecular complexity index is 320. The molecule has 0 aliphatic rings. The van der Waals surface area contributed by atoms with Gasteiger partial charge in [-0.1, -0.05) is 5.16 Å². The van der Waals surface area contributed by atoms with Gasteiger partial charge >= 0.3 is 0 Å². The van der Waals surface area contributed by atoms with Gasteiger partial charge in [-0.2, -0.15) is 4.98 Å². The van der Waals surface area contributed by atoms with Crippen molar-refractivity contribution in [2.24, 2.45) is 5.73 Å². The Kier molecular flexibility index (Phi) is 3.16. The first-order valence-electron chi connectivity index (χ1n) is 4.94. The molecule has 0 unspecified atom stereocenters. The van der Waals surface area contributed by atoms with Gasteiger partial charge in [-0.3, -0.25) is 0 Å². The zero-order valence-corrected chi connectivity index (χ0v) is 10.00. The molecule has 0 atom stereocenters. The molecule has 0 aliphatic heterocycles. The third-order valence-corrected chi connectivity index (χ3v) is 1.67. The van der Waals surface area contributed by atoms with Crippen molar-refractivity contribution in [2.75, 3.05) is 0 Å². The van der Waals surface area contributed by atoms with Crippen molar-refractivity contribution >= 4 is 0 Å². The lowest BCUT2D eigenvalue weighted by atomic mass is 10.1. The second-order valence-electron chi connectivity index (χ2n) is 5.13. The maximum absolute atomic E-state index is 5.83. The first-order chi connectivity index (χ1) is 6.68. The van der Waals surface area contributed by atoms with Crippen LogP contribution in [0.25, 0.3) is 0 Å². The minimum Gasteiger partial charge on any atom is -0.366 e. The van der Waals surface area contributed by atoms with Gasteiger partial charge in [0.15, 0.2) is 5.82 Å². The standard InChI is InChI=1S/C10H19N3O2/c1-9(2,3)14-6-7-12-8(13-15-7)10(4,5)11/h6,11H2,1-5H3. The lowest BCUT2D eigenvalue weighted by Crippen LogP contribution is -2.30. The first kappa shape index (κ1) is 12.1. The second kappa shape index (κ2) is 3.90. The van der Waals surface area contributed by atoms with Crippen LogP contribution >= 0.6 is 0 Å². The summed E-state index contributed by atoms with van der Waals surface area (Å²) >= 11 is 0. The average Bonchev–Trinajstić information content (AvgIpc) is 2.45. The molecule has 15 heavy (non-hydrogen) atoms. The molecule has 2 N–H and O–H groups in total. The number of hydrogen-bond donors (Lipinski definition) is 1. The van der Waals surface area contributed by atoms with Gasteiger partial charge < -0.3 is 15.0 Å². The molecule has 0 bridgehead atoms. The Morgan fingerprint density at radius 1 is 1.27 bits per heavy atom. The summed E-state index contributed by atoms with van der Waals surface area (Å²) in [7, 11) is 0. The Hall–Kier alpha value is -0.940. The summed E-state index contributed by atoms with van der Waals surface area (Å²) in [5.74, 6) is 0.952. The third kappa shape index (κ3) is 3.97. The number of nitrogens with zero attached hydrogens (tertiary/aromatic N) is 2. The number of aromatic nitrogens is 2. The van der Waals surface area contributed by atoms with Gasteiger partial charge in [0.25, 0.3) is 5.89 Å². The number of rotatable bonds is 3. The van der Waals surface area contributed by atoms with Crippen molar-refractivity contribution in [1.82, 2.24) is 10.1 Å². The van der Waals surface area contributed by atoms with E-state index in [1.807, 2.05) is 34.6 Å². The molecule has 5 heteroatoms. The van der Waals surface area contributed by atoms with Gasteiger partial charge in [0, 0.05) is 0 Å². The topological polar surface area (TPSA) is 74.2 Å². The van der Waals surface area contributed by atoms with Crippen LogP contribution < -0.4 is 5.73 Å². The van der Waals surface area contributed by atoms with E-state index in [9.17, 15) is 0 Å². The molecule has 0 radical (unpaired) electrons. The highest BCUT2D eigenvalue weighted by atomic mass is 16.5. The van der Waals surface area contributed by atoms with E-state index in [1.165, 1.54) is 0 Å². The molecule has 1 aromatic rings. The minimum absolute atomic E-state index is 0.215. The zero-order chi connectivity index (χ0) is 11.7. The molecule has 86 valence electrons. The van der Waals surface area contributed by atoms with E-state index in [0.29, 0.717) is 18.3 Å². The molecule has 1 aromatic heterocycles. The van der Waals surface area contributed by atoms with E-state index in [0.717, 1.165) is 0 Å². The van der Waals surface area contributed by atoms with E-state index in [-0.39, 0.29) is 5.60 Å². The van der Waals surface area contributed by atoms with Crippen LogP contribution in [0.3, 0.4) is 0 Å². The molecule has 0 spiro atoms. The number of hydrogen-bond acceptors (Lipinski definition) is 5. The summed E-state index contributed by atoms with van der Waals surface area (Å²) in [4.78, 5) is 4.16. The predicted octanol–water partition coefficient (Wildman–Crippen LogP) is 1.58. The van der Waals surface area contributed by atoms with E-state index >= 15 is 0 Å². The minimum atomic E-state index is -0.580. The van der Waals surface area contributed by atoms with Crippen LogP contribution in [0.4, 0.5) is 0 Å². The molecule has 0 fully saturated rings. The molecular formula is C10H19N3O2. The highest BCUT2D eigenvalue weighted by Gasteiger charge is 2.22. The Balaban J connectivity index is 2.62. The highest BCUT2D eigenvalue weighted by molar-refractivity contribution is 4.98. The van der Waals surface area contributed by atoms with E-state index in [2.05, 4.69) is 10.1 Å². The summed E-state index contributed by atoms with van der Waals surface area (Å²) in [6, 6.07) is 0. The van der Waals surface area contributed by atoms with Crippen LogP contribution in [-0.2, 0) is 16.9 Å². The molecule has 0 saturated heterocycles. The lowest BCUT2D eigenvalue weighted by Gasteiger charge is -2.17. The molecule has 0 aromatic carbocycles. The van der Waals surface area contributed by atoms with Crippen molar-refractivity contribution in [1.29, 1.82) is 0 Å². The molecule has 0 saturated carbocycles. The van der Waals surface area contributed by atoms with Crippen molar-refractivity contribution in [3.63, 3.8) is 0 Å². The fraction of sp³-hybridized carbons (Fsp3) is 0.800. The van der Waals surface area contributed by atoms with E-state index in [1.54, 1.807) is 0 Å². The predicted molar refractivity (Wildman–Crippen MR) is 56.1 cm³/mol. The van der Waals surface area contributed by atoms with Crippen LogP contribution in [0.1, 0.15) is 46.3 Å². The summed E-state index contributed by atoms with van der Waals surface area (Å²) in [6.07, 6.45) is 0. The number of ether oxygens (including phenoxy) is 1. The molecule has 0 amide bonds. The first-order valence-corrected chi connectivity index (χ1v) is 4.94. The van der Waals surface area contributed by atoms with E-state index in [4.69, 9.17) is 15.0 Å². The second-order valence-corrected chi connectivity index (χ2v) is 5.13. The van der Waals surface area contributed by atoms with Crippen molar-refractivity contribution in [3.05, 3.63) is 11.7 Å². The highest BCUT2D eigenvalue weighted by Crippen LogP contribution is 2.15. The van der Waals surface area contributed by atoms with Gasteiger partial charge in [0.1, 0.15) is 6.61 Å². The van der Waals surface area contributed by atoms with Crippen LogP contribution in [0.5, 0.6) is 0 Å². The Morgan fingerprint density at radius 2 is 1.87 bits per heavy atom. The average molecular weight is 213 g/mol. The smallest absolute Gasteiger partial charge is 0.252 e. The SMILES string of the molecule is CC(C)(C)OCc1nc(C(C)(C)N)no1. The van der Waals surface area contributed by atoms with Crippen LogP contribution in [0.2, 0.25) is 0 Å². The molecular weight excluding hydrogens is 194 g/mol. The quantitative estimate of drug-likeness (QED) is 0.825. The summed E-state index contributed by atoms with van der Waals surface area (Å²) in [5, 5.41) is 3.80. The van der Waals surface area contributed by atoms with Crippen LogP contribution in [-0.4, -0.2) is 15.7 Å². The third-order valence-electron chi connectivity index (χ3n) is 1.67. The van der Waals surface area contributed by atoms with Gasteiger partial charge in [-0.25, -0.2) is 0 Å². The Labute approximate surface area is 90.0 Å². The number of nitrogens with two attached hydrogens (primary N) is 1. The van der Waals surface area contributed by atoms with Gasteiger partial charge in [-0.15, -0.1) is 0 Å². The summed E-state index contributed by atoms with van der Waals surface area (Å²) in [6.45, 7) is 9.87. The lowest BCUT2D eigenvalue weighted by molar-refractivity contribution is -0.0260. The summed E-state index contributed by atoms with van der Waals surface area (Å²) < 4.78 is 10.5. The van der Waals surface area contributed by atoms with Crippen LogP contribution in [0.15, 0.2) is 4.52 Å². The summed E-state index contributed by atoms with van der Waals surface area (Å²) in [5.41, 5.74) is 5.03. The van der Waals surface area contributed by atoms with Gasteiger partial charge in [-0.05, 0) is 34.6 Å². The van der Waals surface area contributed by atoms with E-state index < -0.39 is 5.54 Å². The maximum Gasteiger partial charge on any atom is 0.252 e. The monoisotopic (exact) mass is 213 g/mol. The largest absolute Gasteiger partial charge is 0.366 e. The van der Waals surface area contributed by atoms with Crippen LogP contribution in [0, 0.1) is 0 Å². The molecule has 1 rings (SSSR count). The van der Waals surface area contributed by atoms with Crippen molar-refractivity contribution < 1.29 is 9.26 Å². The van der Waals surface area contributed by atoms with Gasteiger partial charge in [0.05, 0.1) is 11.1 Å². The molecule has 1 heterocycles. The zero-order valence-electron chi connectivity index (χ0n) is 10.00. The van der Waals surface area contributed by atoms with Crippen molar-refractivity contribution in [3.8, 4) is 0 Å². The fourth-order valence-electron chi connectivity index (χ4n) is 0.853. The van der Waals surface area contributed by atoms with Crippen molar-refractivity contribution in [2.45, 2.75) is 52.4 Å². The maximum atomic E-state index is 5.83. The normalized spacial score (nSPS) is 13.2.